The zero-order valence-corrected chi connectivity index (χ0v) is 12.9. The van der Waals surface area contributed by atoms with Crippen molar-refractivity contribution in [3.8, 4) is 0 Å². The van der Waals surface area contributed by atoms with Crippen LogP contribution in [0.4, 0.5) is 5.69 Å². The smallest absolute Gasteiger partial charge is 0.423 e. The Hall–Kier alpha value is -1.90. The molecule has 0 spiro atoms. The lowest BCUT2D eigenvalue weighted by atomic mass is 9.79. The predicted octanol–water partition coefficient (Wildman–Crippen LogP) is -0.458. The number of rotatable bonds is 8. The van der Waals surface area contributed by atoms with Crippen LogP contribution in [0.2, 0.25) is 0 Å². The number of carbonyl (C=O) groups is 1. The van der Waals surface area contributed by atoms with E-state index in [9.17, 15) is 14.8 Å². The molecule has 22 heavy (non-hydrogen) atoms. The number of amides is 1. The molecule has 0 heterocycles. The number of benzene rings is 1. The van der Waals surface area contributed by atoms with E-state index in [0.29, 0.717) is 30.0 Å². The highest BCUT2D eigenvalue weighted by Gasteiger charge is 2.13. The fraction of sp³-hybridized carbons (Fsp3) is 0.429. The van der Waals surface area contributed by atoms with Gasteiger partial charge in [0, 0.05) is 13.0 Å². The summed E-state index contributed by atoms with van der Waals surface area (Å²) in [6.45, 7) is 4.36. The van der Waals surface area contributed by atoms with Gasteiger partial charge in [-0.2, -0.15) is 0 Å². The molecule has 0 aromatic heterocycles. The summed E-state index contributed by atoms with van der Waals surface area (Å²) >= 11 is 0. The summed E-state index contributed by atoms with van der Waals surface area (Å²) in [5.74, 6) is 5.42. The first kappa shape index (κ1) is 18.2. The lowest BCUT2D eigenvalue weighted by Crippen LogP contribution is -2.31. The minimum absolute atomic E-state index is 0.0297. The summed E-state index contributed by atoms with van der Waals surface area (Å²) in [4.78, 5) is 15.8. The standard InChI is InChI=1S/C14H23BN4O3/c1-3-10(2)4-14(20)17-8-11-5-12(15(21)22)7-13(6-11)18-9-19-16/h5-7,9-10,21-22H,3-4,8,16H2,1-2H3,(H,17,20)(H,18,19). The average molecular weight is 306 g/mol. The minimum Gasteiger partial charge on any atom is -0.423 e. The van der Waals surface area contributed by atoms with Crippen LogP contribution in [0.5, 0.6) is 0 Å². The SMILES string of the molecule is CCC(C)CC(=O)NCc1cc(N=CNN)cc(B(O)O)c1. The first-order chi connectivity index (χ1) is 10.5. The van der Waals surface area contributed by atoms with E-state index in [2.05, 4.69) is 15.7 Å². The second-order valence-corrected chi connectivity index (χ2v) is 5.23. The molecule has 1 amide bonds. The first-order valence-electron chi connectivity index (χ1n) is 7.21. The topological polar surface area (TPSA) is 120 Å². The third-order valence-electron chi connectivity index (χ3n) is 3.31. The number of hydrogen-bond donors (Lipinski definition) is 5. The molecule has 0 aliphatic carbocycles. The van der Waals surface area contributed by atoms with Crippen LogP contribution < -0.4 is 22.0 Å². The van der Waals surface area contributed by atoms with Crippen LogP contribution in [-0.2, 0) is 11.3 Å². The molecule has 0 bridgehead atoms. The van der Waals surface area contributed by atoms with Gasteiger partial charge in [-0.15, -0.1) is 0 Å². The van der Waals surface area contributed by atoms with E-state index in [1.807, 2.05) is 13.8 Å². The quantitative estimate of drug-likeness (QED) is 0.146. The molecule has 0 aliphatic heterocycles. The summed E-state index contributed by atoms with van der Waals surface area (Å²) in [5.41, 5.74) is 3.82. The van der Waals surface area contributed by atoms with Crippen molar-refractivity contribution in [2.24, 2.45) is 16.8 Å². The molecule has 1 aromatic rings. The van der Waals surface area contributed by atoms with Crippen LogP contribution in [-0.4, -0.2) is 29.4 Å². The average Bonchev–Trinajstić information content (AvgIpc) is 2.50. The van der Waals surface area contributed by atoms with Crippen molar-refractivity contribution in [2.45, 2.75) is 33.2 Å². The Morgan fingerprint density at radius 1 is 1.45 bits per heavy atom. The molecular formula is C14H23BN4O3. The van der Waals surface area contributed by atoms with Gasteiger partial charge < -0.3 is 20.8 Å². The van der Waals surface area contributed by atoms with Crippen LogP contribution in [0, 0.1) is 5.92 Å². The molecule has 1 atom stereocenters. The Bertz CT molecular complexity index is 523. The van der Waals surface area contributed by atoms with Crippen molar-refractivity contribution < 1.29 is 14.8 Å². The molecule has 0 fully saturated rings. The van der Waals surface area contributed by atoms with Crippen LogP contribution in [0.15, 0.2) is 23.2 Å². The number of nitrogens with one attached hydrogen (secondary N) is 2. The maximum absolute atomic E-state index is 11.8. The highest BCUT2D eigenvalue weighted by molar-refractivity contribution is 6.58. The van der Waals surface area contributed by atoms with Crippen molar-refractivity contribution in [2.75, 3.05) is 0 Å². The van der Waals surface area contributed by atoms with Crippen molar-refractivity contribution in [3.05, 3.63) is 23.8 Å². The third kappa shape index (κ3) is 6.25. The third-order valence-corrected chi connectivity index (χ3v) is 3.31. The summed E-state index contributed by atoms with van der Waals surface area (Å²) in [6, 6.07) is 4.88. The number of hydrazine groups is 1. The molecule has 1 aromatic carbocycles. The Balaban J connectivity index is 2.78. The molecule has 1 unspecified atom stereocenters. The van der Waals surface area contributed by atoms with E-state index >= 15 is 0 Å². The lowest BCUT2D eigenvalue weighted by Gasteiger charge is -2.11. The zero-order chi connectivity index (χ0) is 16.5. The van der Waals surface area contributed by atoms with E-state index in [0.717, 1.165) is 12.0 Å². The monoisotopic (exact) mass is 306 g/mol. The summed E-state index contributed by atoms with van der Waals surface area (Å²) < 4.78 is 0. The maximum Gasteiger partial charge on any atom is 0.488 e. The van der Waals surface area contributed by atoms with Crippen LogP contribution in [0.1, 0.15) is 32.3 Å². The van der Waals surface area contributed by atoms with E-state index in [1.54, 1.807) is 12.1 Å². The minimum atomic E-state index is -1.60. The van der Waals surface area contributed by atoms with Crippen molar-refractivity contribution in [1.29, 1.82) is 0 Å². The van der Waals surface area contributed by atoms with E-state index in [-0.39, 0.29) is 5.91 Å². The van der Waals surface area contributed by atoms with Gasteiger partial charge >= 0.3 is 7.12 Å². The number of nitrogens with two attached hydrogens (primary N) is 1. The van der Waals surface area contributed by atoms with Gasteiger partial charge in [0.1, 0.15) is 6.34 Å². The van der Waals surface area contributed by atoms with Gasteiger partial charge in [-0.3, -0.25) is 4.79 Å². The lowest BCUT2D eigenvalue weighted by molar-refractivity contribution is -0.122. The largest absolute Gasteiger partial charge is 0.488 e. The molecular weight excluding hydrogens is 283 g/mol. The predicted molar refractivity (Wildman–Crippen MR) is 87.7 cm³/mol. The molecule has 8 heteroatoms. The Morgan fingerprint density at radius 3 is 2.77 bits per heavy atom. The van der Waals surface area contributed by atoms with Crippen LogP contribution in [0.3, 0.4) is 0 Å². The van der Waals surface area contributed by atoms with Gasteiger partial charge in [-0.25, -0.2) is 10.8 Å². The van der Waals surface area contributed by atoms with Crippen molar-refractivity contribution >= 4 is 30.5 Å². The number of hydrogen-bond acceptors (Lipinski definition) is 5. The molecule has 0 saturated heterocycles. The van der Waals surface area contributed by atoms with Gasteiger partial charge in [0.2, 0.25) is 5.91 Å². The highest BCUT2D eigenvalue weighted by Crippen LogP contribution is 2.13. The molecule has 0 radical (unpaired) electrons. The van der Waals surface area contributed by atoms with Crippen LogP contribution >= 0.6 is 0 Å². The fourth-order valence-corrected chi connectivity index (χ4v) is 1.87. The number of carbonyl (C=O) groups excluding carboxylic acids is 1. The molecule has 6 N–H and O–H groups in total. The first-order valence-corrected chi connectivity index (χ1v) is 7.21. The fourth-order valence-electron chi connectivity index (χ4n) is 1.87. The van der Waals surface area contributed by atoms with Gasteiger partial charge in [0.05, 0.1) is 5.69 Å². The van der Waals surface area contributed by atoms with Crippen molar-refractivity contribution in [3.63, 3.8) is 0 Å². The molecule has 120 valence electrons. The molecule has 0 aliphatic rings. The van der Waals surface area contributed by atoms with Gasteiger partial charge in [-0.05, 0) is 29.1 Å². The normalized spacial score (nSPS) is 12.2. The summed E-state index contributed by atoms with van der Waals surface area (Å²) in [6.07, 6.45) is 2.71. The Morgan fingerprint density at radius 2 is 2.18 bits per heavy atom. The summed E-state index contributed by atoms with van der Waals surface area (Å²) in [5, 5.41) is 21.4. The maximum atomic E-state index is 11.8. The van der Waals surface area contributed by atoms with Crippen molar-refractivity contribution in [1.82, 2.24) is 10.7 Å². The summed E-state index contributed by atoms with van der Waals surface area (Å²) in [7, 11) is -1.60. The molecule has 0 saturated carbocycles. The van der Waals surface area contributed by atoms with Gasteiger partial charge in [0.15, 0.2) is 0 Å². The van der Waals surface area contributed by atoms with Crippen LogP contribution in [0.25, 0.3) is 0 Å². The number of aliphatic imine (C=N–C) groups is 1. The zero-order valence-electron chi connectivity index (χ0n) is 12.9. The van der Waals surface area contributed by atoms with Gasteiger partial charge in [-0.1, -0.05) is 26.3 Å². The highest BCUT2D eigenvalue weighted by atomic mass is 16.4. The second kappa shape index (κ2) is 9.19. The Kier molecular flexibility index (Phi) is 7.58. The Labute approximate surface area is 130 Å². The van der Waals surface area contributed by atoms with E-state index in [1.165, 1.54) is 12.4 Å². The number of nitrogens with zero attached hydrogens (tertiary/aromatic N) is 1. The van der Waals surface area contributed by atoms with E-state index in [4.69, 9.17) is 5.84 Å². The second-order valence-electron chi connectivity index (χ2n) is 5.23. The van der Waals surface area contributed by atoms with E-state index < -0.39 is 7.12 Å². The molecule has 7 nitrogen and oxygen atoms in total. The van der Waals surface area contributed by atoms with Gasteiger partial charge in [0.25, 0.3) is 0 Å². The molecule has 1 rings (SSSR count).